The quantitative estimate of drug-likeness (QED) is 0.818. The first kappa shape index (κ1) is 14.5. The maximum Gasteiger partial charge on any atom is 0.0271 e. The van der Waals surface area contributed by atoms with Crippen molar-refractivity contribution in [2.75, 3.05) is 20.1 Å². The van der Waals surface area contributed by atoms with Crippen LogP contribution in [0.25, 0.3) is 0 Å². The predicted molar refractivity (Wildman–Crippen MR) is 80.0 cm³/mol. The number of pyridine rings is 1. The van der Waals surface area contributed by atoms with Gasteiger partial charge < -0.3 is 10.2 Å². The lowest BCUT2D eigenvalue weighted by Gasteiger charge is -2.23. The SMILES string of the molecule is CCNC1CCCC1CCN(C)Cc1ccncc1. The Morgan fingerprint density at radius 2 is 2.11 bits per heavy atom. The third-order valence-electron chi connectivity index (χ3n) is 4.21. The van der Waals surface area contributed by atoms with Gasteiger partial charge in [0.25, 0.3) is 0 Å². The van der Waals surface area contributed by atoms with Crippen molar-refractivity contribution in [3.05, 3.63) is 30.1 Å². The van der Waals surface area contributed by atoms with Gasteiger partial charge in [-0.2, -0.15) is 0 Å². The molecule has 3 heteroatoms. The molecule has 1 heterocycles. The highest BCUT2D eigenvalue weighted by Gasteiger charge is 2.26. The van der Waals surface area contributed by atoms with Crippen molar-refractivity contribution in [1.82, 2.24) is 15.2 Å². The van der Waals surface area contributed by atoms with Crippen molar-refractivity contribution in [1.29, 1.82) is 0 Å². The summed E-state index contributed by atoms with van der Waals surface area (Å²) in [7, 11) is 2.22. The van der Waals surface area contributed by atoms with E-state index >= 15 is 0 Å². The van der Waals surface area contributed by atoms with Gasteiger partial charge in [-0.3, -0.25) is 4.98 Å². The Balaban J connectivity index is 1.72. The first-order valence-corrected chi connectivity index (χ1v) is 7.60. The monoisotopic (exact) mass is 261 g/mol. The second-order valence-corrected chi connectivity index (χ2v) is 5.74. The van der Waals surface area contributed by atoms with Crippen LogP contribution in [0.3, 0.4) is 0 Å². The molecule has 0 saturated heterocycles. The molecular weight excluding hydrogens is 234 g/mol. The number of hydrogen-bond acceptors (Lipinski definition) is 3. The third-order valence-corrected chi connectivity index (χ3v) is 4.21. The highest BCUT2D eigenvalue weighted by atomic mass is 15.1. The second kappa shape index (κ2) is 7.61. The van der Waals surface area contributed by atoms with E-state index in [-0.39, 0.29) is 0 Å². The molecular formula is C16H27N3. The fourth-order valence-electron chi connectivity index (χ4n) is 3.18. The van der Waals surface area contributed by atoms with Crippen molar-refractivity contribution in [2.24, 2.45) is 5.92 Å². The van der Waals surface area contributed by atoms with Gasteiger partial charge >= 0.3 is 0 Å². The van der Waals surface area contributed by atoms with Crippen LogP contribution in [0.4, 0.5) is 0 Å². The van der Waals surface area contributed by atoms with Gasteiger partial charge in [-0.05, 0) is 63.0 Å². The van der Waals surface area contributed by atoms with E-state index < -0.39 is 0 Å². The molecule has 0 amide bonds. The summed E-state index contributed by atoms with van der Waals surface area (Å²) >= 11 is 0. The summed E-state index contributed by atoms with van der Waals surface area (Å²) in [4.78, 5) is 6.49. The van der Waals surface area contributed by atoms with Crippen molar-refractivity contribution in [2.45, 2.75) is 45.2 Å². The molecule has 0 aromatic carbocycles. The first-order valence-electron chi connectivity index (χ1n) is 7.60. The number of rotatable bonds is 7. The summed E-state index contributed by atoms with van der Waals surface area (Å²) in [6.45, 7) is 5.54. The molecule has 0 spiro atoms. The van der Waals surface area contributed by atoms with Crippen LogP contribution in [0.1, 0.15) is 38.2 Å². The van der Waals surface area contributed by atoms with E-state index in [2.05, 4.69) is 41.3 Å². The standard InChI is InChI=1S/C16H27N3/c1-3-18-16-6-4-5-15(16)9-12-19(2)13-14-7-10-17-11-8-14/h7-8,10-11,15-16,18H,3-6,9,12-13H2,1-2H3. The van der Waals surface area contributed by atoms with E-state index in [1.165, 1.54) is 37.8 Å². The zero-order chi connectivity index (χ0) is 13.5. The van der Waals surface area contributed by atoms with E-state index in [0.717, 1.165) is 25.0 Å². The normalized spacial score (nSPS) is 23.1. The van der Waals surface area contributed by atoms with Crippen LogP contribution in [0, 0.1) is 5.92 Å². The van der Waals surface area contributed by atoms with Crippen LogP contribution < -0.4 is 5.32 Å². The van der Waals surface area contributed by atoms with Crippen molar-refractivity contribution < 1.29 is 0 Å². The number of hydrogen-bond donors (Lipinski definition) is 1. The largest absolute Gasteiger partial charge is 0.314 e. The molecule has 1 aromatic heterocycles. The molecule has 1 fully saturated rings. The number of aromatic nitrogens is 1. The Kier molecular flexibility index (Phi) is 5.80. The van der Waals surface area contributed by atoms with Crippen LogP contribution in [0.5, 0.6) is 0 Å². The minimum absolute atomic E-state index is 0.763. The second-order valence-electron chi connectivity index (χ2n) is 5.74. The van der Waals surface area contributed by atoms with Gasteiger partial charge in [0.2, 0.25) is 0 Å². The Morgan fingerprint density at radius 3 is 2.84 bits per heavy atom. The van der Waals surface area contributed by atoms with E-state index in [1.807, 2.05) is 12.4 Å². The Bertz CT molecular complexity index is 352. The van der Waals surface area contributed by atoms with Gasteiger partial charge in [-0.1, -0.05) is 13.3 Å². The fourth-order valence-corrected chi connectivity index (χ4v) is 3.18. The summed E-state index contributed by atoms with van der Waals surface area (Å²) in [6.07, 6.45) is 9.24. The fraction of sp³-hybridized carbons (Fsp3) is 0.688. The third kappa shape index (κ3) is 4.59. The van der Waals surface area contributed by atoms with E-state index in [1.54, 1.807) is 0 Å². The number of nitrogens with zero attached hydrogens (tertiary/aromatic N) is 2. The molecule has 1 aromatic rings. The lowest BCUT2D eigenvalue weighted by molar-refractivity contribution is 0.276. The molecule has 1 aliphatic rings. The molecule has 2 unspecified atom stereocenters. The zero-order valence-corrected chi connectivity index (χ0v) is 12.3. The highest BCUT2D eigenvalue weighted by Crippen LogP contribution is 2.28. The molecule has 19 heavy (non-hydrogen) atoms. The molecule has 3 nitrogen and oxygen atoms in total. The lowest BCUT2D eigenvalue weighted by atomic mass is 9.99. The summed E-state index contributed by atoms with van der Waals surface area (Å²) in [6, 6.07) is 4.97. The summed E-state index contributed by atoms with van der Waals surface area (Å²) in [5, 5.41) is 3.64. The molecule has 0 bridgehead atoms. The molecule has 2 rings (SSSR count). The van der Waals surface area contributed by atoms with E-state index in [9.17, 15) is 0 Å². The van der Waals surface area contributed by atoms with Crippen LogP contribution in [0.15, 0.2) is 24.5 Å². The van der Waals surface area contributed by atoms with Gasteiger partial charge in [-0.25, -0.2) is 0 Å². The van der Waals surface area contributed by atoms with Crippen LogP contribution in [-0.4, -0.2) is 36.1 Å². The van der Waals surface area contributed by atoms with Crippen LogP contribution in [0.2, 0.25) is 0 Å². The van der Waals surface area contributed by atoms with E-state index in [4.69, 9.17) is 0 Å². The van der Waals surface area contributed by atoms with E-state index in [0.29, 0.717) is 0 Å². The van der Waals surface area contributed by atoms with Gasteiger partial charge in [0.1, 0.15) is 0 Å². The predicted octanol–water partition coefficient (Wildman–Crippen LogP) is 2.68. The smallest absolute Gasteiger partial charge is 0.0271 e. The molecule has 0 radical (unpaired) electrons. The molecule has 2 atom stereocenters. The van der Waals surface area contributed by atoms with Gasteiger partial charge in [0.05, 0.1) is 0 Å². The molecule has 0 aliphatic heterocycles. The average molecular weight is 261 g/mol. The Morgan fingerprint density at radius 1 is 1.32 bits per heavy atom. The minimum Gasteiger partial charge on any atom is -0.314 e. The van der Waals surface area contributed by atoms with Gasteiger partial charge in [0.15, 0.2) is 0 Å². The van der Waals surface area contributed by atoms with Gasteiger partial charge in [-0.15, -0.1) is 0 Å². The summed E-state index contributed by atoms with van der Waals surface area (Å²) in [5.41, 5.74) is 1.35. The molecule has 1 aliphatic carbocycles. The van der Waals surface area contributed by atoms with Crippen molar-refractivity contribution >= 4 is 0 Å². The van der Waals surface area contributed by atoms with Crippen LogP contribution >= 0.6 is 0 Å². The molecule has 1 N–H and O–H groups in total. The van der Waals surface area contributed by atoms with Gasteiger partial charge in [0, 0.05) is 25.0 Å². The zero-order valence-electron chi connectivity index (χ0n) is 12.3. The Labute approximate surface area is 117 Å². The lowest BCUT2D eigenvalue weighted by Crippen LogP contribution is -2.34. The highest BCUT2D eigenvalue weighted by molar-refractivity contribution is 5.09. The molecule has 106 valence electrons. The first-order chi connectivity index (χ1) is 9.29. The summed E-state index contributed by atoms with van der Waals surface area (Å²) < 4.78 is 0. The molecule has 1 saturated carbocycles. The summed E-state index contributed by atoms with van der Waals surface area (Å²) in [5.74, 6) is 0.875. The van der Waals surface area contributed by atoms with Crippen molar-refractivity contribution in [3.8, 4) is 0 Å². The van der Waals surface area contributed by atoms with Crippen molar-refractivity contribution in [3.63, 3.8) is 0 Å². The maximum absolute atomic E-state index is 4.07. The number of nitrogens with one attached hydrogen (secondary N) is 1. The topological polar surface area (TPSA) is 28.2 Å². The van der Waals surface area contributed by atoms with Crippen LogP contribution in [-0.2, 0) is 6.54 Å². The maximum atomic E-state index is 4.07. The Hall–Kier alpha value is -0.930. The minimum atomic E-state index is 0.763. The average Bonchev–Trinajstić information content (AvgIpc) is 2.85.